The van der Waals surface area contributed by atoms with E-state index in [0.29, 0.717) is 10.6 Å². The van der Waals surface area contributed by atoms with Crippen molar-refractivity contribution in [2.75, 3.05) is 6.54 Å². The molecule has 1 atom stereocenters. The molecule has 1 unspecified atom stereocenters. The highest BCUT2D eigenvalue weighted by atomic mass is 35.5. The molecule has 0 aliphatic rings. The Bertz CT molecular complexity index is 502. The first-order valence-corrected chi connectivity index (χ1v) is 6.30. The average Bonchev–Trinajstić information content (AvgIpc) is 2.39. The van der Waals surface area contributed by atoms with Crippen molar-refractivity contribution in [1.82, 2.24) is 5.32 Å². The van der Waals surface area contributed by atoms with E-state index in [1.54, 1.807) is 24.3 Å². The topological polar surface area (TPSA) is 98.5 Å². The Hall–Kier alpha value is -2.08. The van der Waals surface area contributed by atoms with E-state index >= 15 is 0 Å². The number of ether oxygens (including phenoxy) is 1. The molecule has 108 valence electrons. The minimum atomic E-state index is -0.977. The van der Waals surface area contributed by atoms with Crippen LogP contribution in [0.1, 0.15) is 23.7 Å². The molecular formula is C13H15ClN2O4. The zero-order chi connectivity index (χ0) is 15.1. The summed E-state index contributed by atoms with van der Waals surface area (Å²) in [5.41, 5.74) is 5.39. The number of hydrogen-bond donors (Lipinski definition) is 2. The minimum Gasteiger partial charge on any atom is -0.453 e. The monoisotopic (exact) mass is 298 g/mol. The van der Waals surface area contributed by atoms with Gasteiger partial charge in [-0.05, 0) is 31.2 Å². The molecule has 0 aliphatic heterocycles. The smallest absolute Gasteiger partial charge is 0.308 e. The van der Waals surface area contributed by atoms with E-state index < -0.39 is 18.0 Å². The molecule has 0 spiro atoms. The van der Waals surface area contributed by atoms with Gasteiger partial charge in [0.1, 0.15) is 0 Å². The number of carbonyl (C=O) groups is 3. The van der Waals surface area contributed by atoms with Crippen LogP contribution in [0.5, 0.6) is 0 Å². The number of rotatable bonds is 6. The molecule has 0 aliphatic carbocycles. The van der Waals surface area contributed by atoms with Gasteiger partial charge in [-0.1, -0.05) is 11.6 Å². The summed E-state index contributed by atoms with van der Waals surface area (Å²) in [7, 11) is 0. The van der Waals surface area contributed by atoms with Crippen molar-refractivity contribution in [1.29, 1.82) is 0 Å². The van der Waals surface area contributed by atoms with Gasteiger partial charge in [-0.2, -0.15) is 0 Å². The molecule has 7 heteroatoms. The number of primary amides is 1. The van der Waals surface area contributed by atoms with Gasteiger partial charge in [0.05, 0.1) is 6.42 Å². The molecule has 1 rings (SSSR count). The second kappa shape index (κ2) is 7.49. The minimum absolute atomic E-state index is 0.0447. The van der Waals surface area contributed by atoms with E-state index in [1.165, 1.54) is 6.92 Å². The molecule has 0 saturated carbocycles. The van der Waals surface area contributed by atoms with Crippen LogP contribution in [0.3, 0.4) is 0 Å². The molecule has 6 nitrogen and oxygen atoms in total. The van der Waals surface area contributed by atoms with Gasteiger partial charge in [-0.25, -0.2) is 0 Å². The van der Waals surface area contributed by atoms with E-state index in [2.05, 4.69) is 5.32 Å². The Morgan fingerprint density at radius 2 is 1.90 bits per heavy atom. The van der Waals surface area contributed by atoms with Crippen LogP contribution in [0.15, 0.2) is 24.3 Å². The van der Waals surface area contributed by atoms with Crippen molar-refractivity contribution in [2.24, 2.45) is 5.73 Å². The van der Waals surface area contributed by atoms with Crippen molar-refractivity contribution >= 4 is 29.4 Å². The Morgan fingerprint density at radius 1 is 1.30 bits per heavy atom. The molecule has 0 saturated heterocycles. The van der Waals surface area contributed by atoms with Crippen LogP contribution in [0, 0.1) is 0 Å². The quantitative estimate of drug-likeness (QED) is 0.762. The fourth-order valence-electron chi connectivity index (χ4n) is 1.30. The lowest BCUT2D eigenvalue weighted by atomic mass is 10.2. The molecule has 1 aromatic carbocycles. The standard InChI is InChI=1S/C13H15ClN2O4/c1-8(12(15)18)20-11(17)6-7-16-13(19)9-2-4-10(14)5-3-9/h2-5,8H,6-7H2,1H3,(H2,15,18)(H,16,19). The number of nitrogens with two attached hydrogens (primary N) is 1. The van der Waals surface area contributed by atoms with E-state index in [9.17, 15) is 14.4 Å². The Kier molecular flexibility index (Phi) is 5.99. The number of esters is 1. The molecular weight excluding hydrogens is 284 g/mol. The average molecular weight is 299 g/mol. The summed E-state index contributed by atoms with van der Waals surface area (Å²) in [5.74, 6) is -1.64. The van der Waals surface area contributed by atoms with Crippen molar-refractivity contribution in [2.45, 2.75) is 19.4 Å². The molecule has 0 aromatic heterocycles. The van der Waals surface area contributed by atoms with Crippen LogP contribution in [-0.4, -0.2) is 30.4 Å². The largest absolute Gasteiger partial charge is 0.453 e. The fourth-order valence-corrected chi connectivity index (χ4v) is 1.42. The first kappa shape index (κ1) is 16.0. The lowest BCUT2D eigenvalue weighted by Gasteiger charge is -2.09. The van der Waals surface area contributed by atoms with Gasteiger partial charge in [0, 0.05) is 17.1 Å². The second-order valence-electron chi connectivity index (χ2n) is 4.05. The summed E-state index contributed by atoms with van der Waals surface area (Å²) in [5, 5.41) is 3.09. The van der Waals surface area contributed by atoms with E-state index in [4.69, 9.17) is 22.1 Å². The summed E-state index contributed by atoms with van der Waals surface area (Å²) < 4.78 is 4.73. The zero-order valence-electron chi connectivity index (χ0n) is 10.9. The highest BCUT2D eigenvalue weighted by Gasteiger charge is 2.14. The highest BCUT2D eigenvalue weighted by Crippen LogP contribution is 2.09. The summed E-state index contributed by atoms with van der Waals surface area (Å²) in [6.07, 6.45) is -1.02. The molecule has 0 fully saturated rings. The third-order valence-corrected chi connectivity index (χ3v) is 2.68. The second-order valence-corrected chi connectivity index (χ2v) is 4.48. The van der Waals surface area contributed by atoms with Gasteiger partial charge < -0.3 is 15.8 Å². The van der Waals surface area contributed by atoms with Crippen molar-refractivity contribution in [3.05, 3.63) is 34.9 Å². The van der Waals surface area contributed by atoms with Gasteiger partial charge in [-0.15, -0.1) is 0 Å². The van der Waals surface area contributed by atoms with Crippen molar-refractivity contribution < 1.29 is 19.1 Å². The molecule has 0 radical (unpaired) electrons. The molecule has 20 heavy (non-hydrogen) atoms. The Morgan fingerprint density at radius 3 is 2.45 bits per heavy atom. The number of nitrogens with one attached hydrogen (secondary N) is 1. The third-order valence-electron chi connectivity index (χ3n) is 2.43. The van der Waals surface area contributed by atoms with Crippen LogP contribution in [0.25, 0.3) is 0 Å². The maximum absolute atomic E-state index is 11.7. The number of halogens is 1. The molecule has 0 bridgehead atoms. The maximum Gasteiger partial charge on any atom is 0.308 e. The number of amides is 2. The number of hydrogen-bond acceptors (Lipinski definition) is 4. The fraction of sp³-hybridized carbons (Fsp3) is 0.308. The SMILES string of the molecule is CC(OC(=O)CCNC(=O)c1ccc(Cl)cc1)C(N)=O. The van der Waals surface area contributed by atoms with E-state index in [1.807, 2.05) is 0 Å². The maximum atomic E-state index is 11.7. The summed E-state index contributed by atoms with van der Waals surface area (Å²) in [4.78, 5) is 33.7. The van der Waals surface area contributed by atoms with Crippen LogP contribution < -0.4 is 11.1 Å². The summed E-state index contributed by atoms with van der Waals surface area (Å²) in [6.45, 7) is 1.48. The first-order chi connectivity index (χ1) is 9.40. The van der Waals surface area contributed by atoms with Crippen molar-refractivity contribution in [3.8, 4) is 0 Å². The lowest BCUT2D eigenvalue weighted by molar-refractivity contribution is -0.153. The summed E-state index contributed by atoms with van der Waals surface area (Å²) in [6, 6.07) is 6.34. The van der Waals surface area contributed by atoms with Crippen molar-refractivity contribution in [3.63, 3.8) is 0 Å². The van der Waals surface area contributed by atoms with Gasteiger partial charge in [0.2, 0.25) is 0 Å². The van der Waals surface area contributed by atoms with Crippen LogP contribution in [-0.2, 0) is 14.3 Å². The van der Waals surface area contributed by atoms with Crippen LogP contribution in [0.4, 0.5) is 0 Å². The van der Waals surface area contributed by atoms with E-state index in [-0.39, 0.29) is 18.9 Å². The predicted molar refractivity (Wildman–Crippen MR) is 73.2 cm³/mol. The lowest BCUT2D eigenvalue weighted by Crippen LogP contribution is -2.32. The predicted octanol–water partition coefficient (Wildman–Crippen LogP) is 0.877. The summed E-state index contributed by atoms with van der Waals surface area (Å²) >= 11 is 5.71. The third kappa shape index (κ3) is 5.27. The molecule has 3 N–H and O–H groups in total. The Balaban J connectivity index is 2.33. The van der Waals surface area contributed by atoms with E-state index in [0.717, 1.165) is 0 Å². The highest BCUT2D eigenvalue weighted by molar-refractivity contribution is 6.30. The first-order valence-electron chi connectivity index (χ1n) is 5.92. The van der Waals surface area contributed by atoms with Crippen LogP contribution in [0.2, 0.25) is 5.02 Å². The Labute approximate surface area is 121 Å². The molecule has 1 aromatic rings. The van der Waals surface area contributed by atoms with Crippen LogP contribution >= 0.6 is 11.6 Å². The van der Waals surface area contributed by atoms with Gasteiger partial charge in [-0.3, -0.25) is 14.4 Å². The normalized spacial score (nSPS) is 11.5. The number of carbonyl (C=O) groups excluding carboxylic acids is 3. The zero-order valence-corrected chi connectivity index (χ0v) is 11.6. The van der Waals surface area contributed by atoms with Gasteiger partial charge in [0.25, 0.3) is 11.8 Å². The van der Waals surface area contributed by atoms with Gasteiger partial charge in [0.15, 0.2) is 6.10 Å². The number of benzene rings is 1. The van der Waals surface area contributed by atoms with Gasteiger partial charge >= 0.3 is 5.97 Å². The molecule has 0 heterocycles. The molecule has 2 amide bonds.